The Bertz CT molecular complexity index is 388. The number of halogens is 4. The first kappa shape index (κ1) is 21.7. The molecule has 0 aromatic rings. The van der Waals surface area contributed by atoms with Gasteiger partial charge in [0, 0.05) is 6.42 Å². The molecular formula is C15H24F4O4. The fraction of sp³-hybridized carbons (Fsp3) is 0.867. The number of hydrogen-bond donors (Lipinski definition) is 1. The van der Waals surface area contributed by atoms with Crippen LogP contribution in [0.25, 0.3) is 0 Å². The molecule has 0 saturated carbocycles. The molecule has 1 N–H and O–H groups in total. The molecule has 0 saturated heterocycles. The number of carboxylic acids is 1. The van der Waals surface area contributed by atoms with Crippen LogP contribution in [-0.2, 0) is 14.3 Å². The predicted molar refractivity (Wildman–Crippen MR) is 75.6 cm³/mol. The van der Waals surface area contributed by atoms with Crippen LogP contribution in [0.3, 0.4) is 0 Å². The van der Waals surface area contributed by atoms with Gasteiger partial charge in [-0.05, 0) is 46.5 Å². The van der Waals surface area contributed by atoms with E-state index in [4.69, 9.17) is 4.74 Å². The first-order chi connectivity index (χ1) is 10.4. The van der Waals surface area contributed by atoms with Crippen LogP contribution in [-0.4, -0.2) is 35.5 Å². The Kier molecular flexibility index (Phi) is 8.55. The van der Waals surface area contributed by atoms with Gasteiger partial charge in [-0.3, -0.25) is 14.0 Å². The highest BCUT2D eigenvalue weighted by atomic mass is 19.4. The van der Waals surface area contributed by atoms with Gasteiger partial charge in [0.2, 0.25) is 0 Å². The van der Waals surface area contributed by atoms with E-state index in [1.165, 1.54) is 0 Å². The van der Waals surface area contributed by atoms with Crippen molar-refractivity contribution in [3.63, 3.8) is 0 Å². The summed E-state index contributed by atoms with van der Waals surface area (Å²) in [4.78, 5) is 23.5. The maximum absolute atomic E-state index is 12.3. The summed E-state index contributed by atoms with van der Waals surface area (Å²) >= 11 is 0. The van der Waals surface area contributed by atoms with Gasteiger partial charge in [-0.1, -0.05) is 0 Å². The Morgan fingerprint density at radius 3 is 1.96 bits per heavy atom. The van der Waals surface area contributed by atoms with Crippen LogP contribution in [0, 0.1) is 11.8 Å². The van der Waals surface area contributed by atoms with Gasteiger partial charge in [-0.15, -0.1) is 0 Å². The lowest BCUT2D eigenvalue weighted by atomic mass is 9.84. The second-order valence-corrected chi connectivity index (χ2v) is 6.42. The van der Waals surface area contributed by atoms with Crippen molar-refractivity contribution in [1.29, 1.82) is 0 Å². The Hall–Kier alpha value is -1.34. The lowest BCUT2D eigenvalue weighted by Gasteiger charge is -2.27. The molecule has 0 fully saturated rings. The number of carbonyl (C=O) groups excluding carboxylic acids is 1. The maximum atomic E-state index is 12.3. The Morgan fingerprint density at radius 2 is 1.57 bits per heavy atom. The van der Waals surface area contributed by atoms with Gasteiger partial charge in [0.25, 0.3) is 0 Å². The quantitative estimate of drug-likeness (QED) is 0.505. The van der Waals surface area contributed by atoms with E-state index in [1.807, 2.05) is 0 Å². The summed E-state index contributed by atoms with van der Waals surface area (Å²) in [7, 11) is 0. The zero-order chi connectivity index (χ0) is 18.3. The highest BCUT2D eigenvalue weighted by Gasteiger charge is 2.37. The smallest absolute Gasteiger partial charge is 0.389 e. The number of ether oxygens (including phenoxy) is 1. The topological polar surface area (TPSA) is 63.6 Å². The molecule has 23 heavy (non-hydrogen) atoms. The van der Waals surface area contributed by atoms with Crippen LogP contribution in [0.4, 0.5) is 17.6 Å². The lowest BCUT2D eigenvalue weighted by molar-refractivity contribution is -0.168. The van der Waals surface area contributed by atoms with Crippen molar-refractivity contribution < 1.29 is 37.0 Å². The van der Waals surface area contributed by atoms with Crippen molar-refractivity contribution in [2.45, 2.75) is 64.7 Å². The summed E-state index contributed by atoms with van der Waals surface area (Å²) < 4.78 is 54.2. The molecule has 0 aliphatic heterocycles. The molecule has 4 nitrogen and oxygen atoms in total. The van der Waals surface area contributed by atoms with Gasteiger partial charge in [-0.25, -0.2) is 0 Å². The molecule has 0 aliphatic carbocycles. The molecule has 0 aliphatic rings. The van der Waals surface area contributed by atoms with Crippen LogP contribution in [0.5, 0.6) is 0 Å². The summed E-state index contributed by atoms with van der Waals surface area (Å²) in [6, 6.07) is 0. The van der Waals surface area contributed by atoms with E-state index in [0.717, 1.165) is 0 Å². The van der Waals surface area contributed by atoms with Gasteiger partial charge in [-0.2, -0.15) is 13.2 Å². The largest absolute Gasteiger partial charge is 0.481 e. The second kappa shape index (κ2) is 9.08. The first-order valence-corrected chi connectivity index (χ1v) is 7.46. The van der Waals surface area contributed by atoms with Crippen molar-refractivity contribution >= 4 is 11.9 Å². The average Bonchev–Trinajstić information content (AvgIpc) is 2.33. The van der Waals surface area contributed by atoms with Crippen molar-refractivity contribution in [1.82, 2.24) is 0 Å². The van der Waals surface area contributed by atoms with Crippen LogP contribution in [0.1, 0.15) is 52.9 Å². The number of esters is 1. The number of hydrogen-bond acceptors (Lipinski definition) is 3. The molecule has 0 radical (unpaired) electrons. The Morgan fingerprint density at radius 1 is 1.04 bits per heavy atom. The van der Waals surface area contributed by atoms with Crippen LogP contribution >= 0.6 is 0 Å². The van der Waals surface area contributed by atoms with Gasteiger partial charge in [0.15, 0.2) is 0 Å². The van der Waals surface area contributed by atoms with E-state index in [9.17, 15) is 32.3 Å². The molecule has 0 aromatic carbocycles. The molecule has 0 heterocycles. The maximum Gasteiger partial charge on any atom is 0.389 e. The molecule has 0 spiro atoms. The molecule has 0 bridgehead atoms. The minimum absolute atomic E-state index is 0.0739. The SMILES string of the molecule is CC(C)(C)OC(=O)[C@H](CCCC(F)(F)F)[C@@H](CCCF)C(=O)O. The summed E-state index contributed by atoms with van der Waals surface area (Å²) in [6.45, 7) is 3.98. The minimum Gasteiger partial charge on any atom is -0.481 e. The Labute approximate surface area is 133 Å². The number of carbonyl (C=O) groups is 2. The van der Waals surface area contributed by atoms with E-state index in [1.54, 1.807) is 20.8 Å². The van der Waals surface area contributed by atoms with E-state index < -0.39 is 48.6 Å². The summed E-state index contributed by atoms with van der Waals surface area (Å²) in [5.41, 5.74) is -0.886. The van der Waals surface area contributed by atoms with Gasteiger partial charge in [0.05, 0.1) is 18.5 Å². The first-order valence-electron chi connectivity index (χ1n) is 7.46. The molecule has 0 amide bonds. The van der Waals surface area contributed by atoms with E-state index in [2.05, 4.69) is 0 Å². The van der Waals surface area contributed by atoms with E-state index in [-0.39, 0.29) is 25.7 Å². The lowest BCUT2D eigenvalue weighted by Crippen LogP contribution is -2.36. The molecular weight excluding hydrogens is 320 g/mol. The number of alkyl halides is 4. The third-order valence-corrected chi connectivity index (χ3v) is 3.14. The zero-order valence-electron chi connectivity index (χ0n) is 13.6. The normalized spacial score (nSPS) is 15.1. The fourth-order valence-electron chi connectivity index (χ4n) is 2.18. The standard InChI is InChI=1S/C15H24F4O4/c1-14(2,3)23-13(22)11(6-4-8-15(17,18)19)10(12(20)21)7-5-9-16/h10-11H,4-9H2,1-3H3,(H,20,21)/t10-,11-/m1/s1. The second-order valence-electron chi connectivity index (χ2n) is 6.42. The van der Waals surface area contributed by atoms with Crippen LogP contribution in [0.2, 0.25) is 0 Å². The third kappa shape index (κ3) is 10.1. The zero-order valence-corrected chi connectivity index (χ0v) is 13.6. The van der Waals surface area contributed by atoms with Crippen molar-refractivity contribution in [3.05, 3.63) is 0 Å². The van der Waals surface area contributed by atoms with Crippen molar-refractivity contribution in [2.24, 2.45) is 11.8 Å². The van der Waals surface area contributed by atoms with Crippen molar-refractivity contribution in [2.75, 3.05) is 6.67 Å². The van der Waals surface area contributed by atoms with E-state index in [0.29, 0.717) is 0 Å². The van der Waals surface area contributed by atoms with Gasteiger partial charge in [0.1, 0.15) is 5.60 Å². The summed E-state index contributed by atoms with van der Waals surface area (Å²) in [5, 5.41) is 9.22. The predicted octanol–water partition coefficient (Wildman–Crippen LogP) is 4.13. The molecule has 2 atom stereocenters. The number of rotatable bonds is 9. The molecule has 0 unspecified atom stereocenters. The highest BCUT2D eigenvalue weighted by molar-refractivity contribution is 5.81. The van der Waals surface area contributed by atoms with Crippen LogP contribution < -0.4 is 0 Å². The Balaban J connectivity index is 5.08. The summed E-state index contributed by atoms with van der Waals surface area (Å²) in [5.74, 6) is -4.67. The van der Waals surface area contributed by atoms with Gasteiger partial charge < -0.3 is 9.84 Å². The van der Waals surface area contributed by atoms with Crippen molar-refractivity contribution in [3.8, 4) is 0 Å². The monoisotopic (exact) mass is 344 g/mol. The number of aliphatic carboxylic acids is 1. The highest BCUT2D eigenvalue weighted by Crippen LogP contribution is 2.30. The minimum atomic E-state index is -4.38. The molecule has 0 aromatic heterocycles. The number of carboxylic acid groups (broad SMARTS) is 1. The fourth-order valence-corrected chi connectivity index (χ4v) is 2.18. The summed E-state index contributed by atoms with van der Waals surface area (Å²) in [6.07, 6.45) is -6.33. The average molecular weight is 344 g/mol. The third-order valence-electron chi connectivity index (χ3n) is 3.14. The molecule has 8 heteroatoms. The van der Waals surface area contributed by atoms with Gasteiger partial charge >= 0.3 is 18.1 Å². The van der Waals surface area contributed by atoms with Crippen LogP contribution in [0.15, 0.2) is 0 Å². The van der Waals surface area contributed by atoms with E-state index >= 15 is 0 Å². The molecule has 136 valence electrons. The molecule has 0 rings (SSSR count).